The third kappa shape index (κ3) is 1.42. The minimum absolute atomic E-state index is 0.00824. The molecule has 0 aromatic heterocycles. The molecule has 2 N–H and O–H groups in total. The van der Waals surface area contributed by atoms with Gasteiger partial charge in [0.2, 0.25) is 0 Å². The molecule has 0 amide bonds. The summed E-state index contributed by atoms with van der Waals surface area (Å²) in [5, 5.41) is 110. The van der Waals surface area contributed by atoms with Crippen LogP contribution >= 0.6 is 0 Å². The quantitative estimate of drug-likeness (QED) is 0.127. The van der Waals surface area contributed by atoms with E-state index in [4.69, 9.17) is 0 Å². The van der Waals surface area contributed by atoms with Crippen molar-refractivity contribution in [3.05, 3.63) is 46.0 Å². The van der Waals surface area contributed by atoms with E-state index in [-0.39, 0.29) is 23.0 Å². The van der Waals surface area contributed by atoms with Crippen LogP contribution in [0.25, 0.3) is 291 Å². The molecule has 1 unspecified atom stereocenters. The Bertz CT molecular complexity index is 7320. The van der Waals surface area contributed by atoms with Gasteiger partial charge in [0.05, 0.1) is 10.8 Å². The Morgan fingerprint density at radius 3 is 0.722 bits per heavy atom. The molecule has 29 aromatic rings. The van der Waals surface area contributed by atoms with Gasteiger partial charge in [-0.25, -0.2) is 0 Å². The number of phenols is 2. The molecule has 304 valence electrons. The molecule has 4 aliphatic carbocycles. The number of hydrogen-bond donors (Lipinski definition) is 2. The predicted octanol–water partition coefficient (Wildman–Crippen LogP) is 17.4. The highest BCUT2D eigenvalue weighted by atomic mass is 16.3. The van der Waals surface area contributed by atoms with Crippen LogP contribution in [-0.4, -0.2) is 28.7 Å². The van der Waals surface area contributed by atoms with Crippen LogP contribution in [-0.2, 0) is 10.8 Å². The van der Waals surface area contributed by atoms with Crippen LogP contribution in [0, 0.1) is 0 Å². The number of hydrogen-bond acceptors (Lipinski definition) is 3. The van der Waals surface area contributed by atoms with Crippen molar-refractivity contribution in [1.29, 1.82) is 0 Å². The Balaban J connectivity index is 1.16. The third-order valence-electron chi connectivity index (χ3n) is 26.2. The van der Waals surface area contributed by atoms with Crippen LogP contribution in [0.2, 0.25) is 0 Å². The largest absolute Gasteiger partial charge is 0.504 e. The fraction of sp³-hybridized carbons (Fsp3) is 0.0725. The zero-order chi connectivity index (χ0) is 43.2. The van der Waals surface area contributed by atoms with Gasteiger partial charge in [0, 0.05) is 12.6 Å². The number of likely N-dealkylation sites (N-methyl/N-ethyl adjacent to an activating group) is 1. The minimum atomic E-state index is -0.490. The van der Waals surface area contributed by atoms with Gasteiger partial charge in [-0.3, -0.25) is 4.90 Å². The standard InChI is InChI=1S/C69H11NO2/c1-70-5-68-63-55-47-37-27-19-11-9-10-13-17-15(11)23-31-25(17)35-29-21(13)22-14(10)18-16-12(9)20(19)28-34-24(16)32-26(18)36-30(22)40-39(29)51-45(35)53-43(31)49(41(47)33(23)27)57(63)59(53)65-61(51)62-52(40)46(36)54-44(32)50-42(34)48(38(28)37)56(55)64(68)58(50)60(54)66(62)69(65,68)67(70)6-2-3-7(71)8(72)4-6/h2-4,67,71-72H,5H2,1H3. The van der Waals surface area contributed by atoms with Gasteiger partial charge in [-0.05, 0) is 338 Å². The van der Waals surface area contributed by atoms with Crippen molar-refractivity contribution in [2.75, 3.05) is 13.6 Å². The van der Waals surface area contributed by atoms with E-state index in [0.29, 0.717) is 0 Å². The maximum atomic E-state index is 11.8. The summed E-state index contributed by atoms with van der Waals surface area (Å²) in [5.74, 6) is -0.0430. The van der Waals surface area contributed by atoms with Crippen molar-refractivity contribution in [2.45, 2.75) is 16.9 Å². The number of aromatic hydroxyl groups is 2. The van der Waals surface area contributed by atoms with Gasteiger partial charge in [-0.15, -0.1) is 0 Å². The lowest BCUT2D eigenvalue weighted by Crippen LogP contribution is -2.51. The Kier molecular flexibility index (Phi) is 2.27. The van der Waals surface area contributed by atoms with Crippen molar-refractivity contribution in [3.63, 3.8) is 0 Å². The summed E-state index contributed by atoms with van der Waals surface area (Å²) >= 11 is 0. The van der Waals surface area contributed by atoms with Crippen LogP contribution in [0.15, 0.2) is 18.2 Å². The lowest BCUT2D eigenvalue weighted by molar-refractivity contribution is 0.270. The van der Waals surface area contributed by atoms with E-state index in [0.717, 1.165) is 12.1 Å². The molecule has 1 heterocycles. The zero-order valence-electron chi connectivity index (χ0n) is 36.9. The molecule has 0 bridgehead atoms. The normalized spacial score (nSPS) is 23.6. The number of nitrogens with zero attached hydrogens (tertiary/aromatic N) is 1. The maximum absolute atomic E-state index is 11.8. The molecular formula is C69H11NO2. The van der Waals surface area contributed by atoms with Crippen molar-refractivity contribution in [2.24, 2.45) is 0 Å². The molecule has 72 heavy (non-hydrogen) atoms. The Labute approximate surface area is 391 Å². The summed E-state index contributed by atoms with van der Waals surface area (Å²) in [6.45, 7) is 0.912. The summed E-state index contributed by atoms with van der Waals surface area (Å²) < 4.78 is 0. The summed E-state index contributed by atoms with van der Waals surface area (Å²) in [6, 6.07) is 5.89. The Morgan fingerprint density at radius 1 is 0.292 bits per heavy atom. The van der Waals surface area contributed by atoms with Crippen molar-refractivity contribution in [1.82, 2.24) is 4.90 Å². The molecule has 2 spiro atoms. The first-order chi connectivity index (χ1) is 35.7. The summed E-state index contributed by atoms with van der Waals surface area (Å²) in [5.41, 5.74) is 6.88. The minimum Gasteiger partial charge on any atom is -0.504 e. The van der Waals surface area contributed by atoms with Crippen LogP contribution in [0.4, 0.5) is 0 Å². The summed E-state index contributed by atoms with van der Waals surface area (Å²) in [6.07, 6.45) is 0. The monoisotopic (exact) mass is 885 g/mol. The SMILES string of the molecule is CN1CC23c4c5c6c7c8c9c(c%10c%11c2c2c4c4c%12c5c5c6c6c8c8c%13c9c9c%10c%10c%11c%11c2c2c4c4c%12c%12c5c5c6c8c6c8c%13c9c9c%10c%10c%11c2c2c4c4c%12c5c6c5c8c9c%10c2c45)C73C1c1ccc(O)c(O)c1. The van der Waals surface area contributed by atoms with Gasteiger partial charge >= 0.3 is 0 Å². The summed E-state index contributed by atoms with van der Waals surface area (Å²) in [4.78, 5) is 2.77. The first-order valence-corrected chi connectivity index (χ1v) is 26.6. The fourth-order valence-electron chi connectivity index (χ4n) is 26.3. The smallest absolute Gasteiger partial charge is 0.157 e. The van der Waals surface area contributed by atoms with E-state index in [9.17, 15) is 10.2 Å². The molecule has 3 heteroatoms. The van der Waals surface area contributed by atoms with E-state index in [1.165, 1.54) is 0 Å². The Morgan fingerprint density at radius 2 is 0.500 bits per heavy atom. The van der Waals surface area contributed by atoms with Crippen LogP contribution in [0.5, 0.6) is 11.5 Å². The molecular weight excluding hydrogens is 875 g/mol. The number of phenolic OH excluding ortho intramolecular Hbond substituents is 2. The second-order valence-corrected chi connectivity index (χ2v) is 26.5. The molecule has 1 fully saturated rings. The van der Waals surface area contributed by atoms with Gasteiger partial charge in [-0.1, -0.05) is 6.07 Å². The van der Waals surface area contributed by atoms with Crippen molar-refractivity contribution in [3.8, 4) is 11.5 Å². The van der Waals surface area contributed by atoms with E-state index in [1.54, 1.807) is 319 Å². The highest BCUT2D eigenvalue weighted by Gasteiger charge is 2.75. The van der Waals surface area contributed by atoms with Crippen LogP contribution in [0.3, 0.4) is 0 Å². The van der Waals surface area contributed by atoms with Gasteiger partial charge in [-0.2, -0.15) is 0 Å². The second-order valence-electron chi connectivity index (χ2n) is 26.5. The third-order valence-corrected chi connectivity index (χ3v) is 26.2. The molecule has 34 rings (SSSR count). The number of rotatable bonds is 1. The molecule has 1 atom stereocenters. The molecule has 1 saturated heterocycles. The first-order valence-electron chi connectivity index (χ1n) is 26.6. The predicted molar refractivity (Wildman–Crippen MR) is 299 cm³/mol. The average Bonchev–Trinajstić information content (AvgIpc) is 4.06. The molecule has 5 aliphatic rings. The Hall–Kier alpha value is -8.76. The zero-order valence-corrected chi connectivity index (χ0v) is 36.9. The molecule has 1 aliphatic heterocycles. The van der Waals surface area contributed by atoms with Crippen LogP contribution in [0.1, 0.15) is 33.9 Å². The number of benzene rings is 19. The van der Waals surface area contributed by atoms with E-state index in [1.807, 2.05) is 6.07 Å². The first kappa shape index (κ1) is 27.0. The van der Waals surface area contributed by atoms with Gasteiger partial charge in [0.25, 0.3) is 0 Å². The highest BCUT2D eigenvalue weighted by molar-refractivity contribution is 6.82. The van der Waals surface area contributed by atoms with E-state index < -0.39 is 5.41 Å². The molecule has 29 aromatic carbocycles. The maximum Gasteiger partial charge on any atom is 0.157 e. The van der Waals surface area contributed by atoms with Crippen molar-refractivity contribution >= 4 is 291 Å². The second kappa shape index (κ2) is 6.06. The van der Waals surface area contributed by atoms with E-state index >= 15 is 0 Å². The van der Waals surface area contributed by atoms with Gasteiger partial charge in [0.1, 0.15) is 0 Å². The lowest BCUT2D eigenvalue weighted by Gasteiger charge is -2.52. The molecule has 3 nitrogen and oxygen atoms in total. The lowest BCUT2D eigenvalue weighted by atomic mass is 9.47. The summed E-state index contributed by atoms with van der Waals surface area (Å²) in [7, 11) is 2.44. The van der Waals surface area contributed by atoms with Gasteiger partial charge < -0.3 is 10.2 Å². The highest BCUT2D eigenvalue weighted by Crippen LogP contribution is 2.87. The molecule has 0 saturated carbocycles. The molecule has 0 radical (unpaired) electrons. The average molecular weight is 886 g/mol. The van der Waals surface area contributed by atoms with Crippen LogP contribution < -0.4 is 0 Å². The van der Waals surface area contributed by atoms with E-state index in [2.05, 4.69) is 18.0 Å². The van der Waals surface area contributed by atoms with Crippen molar-refractivity contribution < 1.29 is 10.2 Å². The fourth-order valence-corrected chi connectivity index (χ4v) is 26.3. The topological polar surface area (TPSA) is 43.7 Å². The van der Waals surface area contributed by atoms with Gasteiger partial charge in [0.15, 0.2) is 11.5 Å². The number of likely N-dealkylation sites (tertiary alicyclic amines) is 1.